The largest absolute Gasteiger partial charge is 0.350 e. The minimum Gasteiger partial charge on any atom is -0.350 e. The summed E-state index contributed by atoms with van der Waals surface area (Å²) in [7, 11) is 1.86. The zero-order valence-electron chi connectivity index (χ0n) is 11.8. The SMILES string of the molecule is CNCCNC(=O)c1sc(Cc2ccccc2)nc1C. The van der Waals surface area contributed by atoms with Gasteiger partial charge in [-0.1, -0.05) is 30.3 Å². The van der Waals surface area contributed by atoms with Gasteiger partial charge in [-0.3, -0.25) is 4.79 Å². The summed E-state index contributed by atoms with van der Waals surface area (Å²) in [6.07, 6.45) is 0.774. The Bertz CT molecular complexity index is 566. The Labute approximate surface area is 123 Å². The Morgan fingerprint density at radius 2 is 2.00 bits per heavy atom. The van der Waals surface area contributed by atoms with Gasteiger partial charge in [0, 0.05) is 19.5 Å². The first-order valence-electron chi connectivity index (χ1n) is 6.63. The van der Waals surface area contributed by atoms with Crippen LogP contribution >= 0.6 is 11.3 Å². The molecule has 5 heteroatoms. The van der Waals surface area contributed by atoms with E-state index in [1.165, 1.54) is 16.9 Å². The van der Waals surface area contributed by atoms with E-state index in [0.29, 0.717) is 11.4 Å². The summed E-state index contributed by atoms with van der Waals surface area (Å²) in [4.78, 5) is 17.2. The van der Waals surface area contributed by atoms with Crippen molar-refractivity contribution in [3.05, 3.63) is 51.5 Å². The van der Waals surface area contributed by atoms with Crippen LogP contribution in [0.3, 0.4) is 0 Å². The fourth-order valence-electron chi connectivity index (χ4n) is 1.89. The van der Waals surface area contributed by atoms with Crippen LogP contribution in [0.15, 0.2) is 30.3 Å². The normalized spacial score (nSPS) is 10.5. The van der Waals surface area contributed by atoms with E-state index in [4.69, 9.17) is 0 Å². The molecule has 0 aliphatic carbocycles. The number of benzene rings is 1. The molecule has 0 aliphatic rings. The van der Waals surface area contributed by atoms with Crippen molar-refractivity contribution in [3.63, 3.8) is 0 Å². The molecule has 0 saturated carbocycles. The zero-order valence-corrected chi connectivity index (χ0v) is 12.6. The second-order valence-electron chi connectivity index (χ2n) is 4.54. The summed E-state index contributed by atoms with van der Waals surface area (Å²) >= 11 is 1.48. The van der Waals surface area contributed by atoms with Crippen molar-refractivity contribution in [3.8, 4) is 0 Å². The predicted octanol–water partition coefficient (Wildman–Crippen LogP) is 1.99. The van der Waals surface area contributed by atoms with Crippen LogP contribution in [0.25, 0.3) is 0 Å². The van der Waals surface area contributed by atoms with Crippen LogP contribution < -0.4 is 10.6 Å². The van der Waals surface area contributed by atoms with Crippen LogP contribution in [-0.2, 0) is 6.42 Å². The van der Waals surface area contributed by atoms with E-state index in [1.807, 2.05) is 32.2 Å². The first kappa shape index (κ1) is 14.7. The number of amides is 1. The van der Waals surface area contributed by atoms with Crippen LogP contribution in [0.4, 0.5) is 0 Å². The second kappa shape index (κ2) is 7.17. The van der Waals surface area contributed by atoms with Crippen LogP contribution in [0.2, 0.25) is 0 Å². The molecule has 2 aromatic rings. The fourth-order valence-corrected chi connectivity index (χ4v) is 2.91. The van der Waals surface area contributed by atoms with Gasteiger partial charge in [-0.05, 0) is 19.5 Å². The van der Waals surface area contributed by atoms with Gasteiger partial charge >= 0.3 is 0 Å². The van der Waals surface area contributed by atoms with Crippen molar-refractivity contribution in [2.24, 2.45) is 0 Å². The zero-order chi connectivity index (χ0) is 14.4. The molecule has 106 valence electrons. The summed E-state index contributed by atoms with van der Waals surface area (Å²) in [5, 5.41) is 6.87. The van der Waals surface area contributed by atoms with Gasteiger partial charge in [0.05, 0.1) is 10.7 Å². The Morgan fingerprint density at radius 3 is 2.70 bits per heavy atom. The molecule has 2 N–H and O–H groups in total. The number of rotatable bonds is 6. The first-order chi connectivity index (χ1) is 9.70. The maximum atomic E-state index is 12.0. The van der Waals surface area contributed by atoms with Gasteiger partial charge in [-0.15, -0.1) is 11.3 Å². The molecule has 1 amide bonds. The maximum absolute atomic E-state index is 12.0. The van der Waals surface area contributed by atoms with Crippen molar-refractivity contribution in [1.82, 2.24) is 15.6 Å². The average molecular weight is 289 g/mol. The van der Waals surface area contributed by atoms with E-state index >= 15 is 0 Å². The predicted molar refractivity (Wildman–Crippen MR) is 82.4 cm³/mol. The minimum atomic E-state index is -0.0328. The second-order valence-corrected chi connectivity index (χ2v) is 5.63. The highest BCUT2D eigenvalue weighted by atomic mass is 32.1. The number of carbonyl (C=O) groups excluding carboxylic acids is 1. The number of likely N-dealkylation sites (N-methyl/N-ethyl adjacent to an activating group) is 1. The summed E-state index contributed by atoms with van der Waals surface area (Å²) < 4.78 is 0. The van der Waals surface area contributed by atoms with Gasteiger partial charge in [-0.25, -0.2) is 4.98 Å². The van der Waals surface area contributed by atoms with E-state index in [1.54, 1.807) is 0 Å². The quantitative estimate of drug-likeness (QED) is 0.800. The fraction of sp³-hybridized carbons (Fsp3) is 0.333. The van der Waals surface area contributed by atoms with Gasteiger partial charge in [0.1, 0.15) is 4.88 Å². The standard InChI is InChI=1S/C15H19N3OS/c1-11-14(15(19)17-9-8-16-2)20-13(18-11)10-12-6-4-3-5-7-12/h3-7,16H,8-10H2,1-2H3,(H,17,19). The van der Waals surface area contributed by atoms with E-state index < -0.39 is 0 Å². The van der Waals surface area contributed by atoms with Gasteiger partial charge in [0.15, 0.2) is 0 Å². The molecule has 2 rings (SSSR count). The molecule has 1 aromatic carbocycles. The lowest BCUT2D eigenvalue weighted by Crippen LogP contribution is -2.30. The molecule has 0 radical (unpaired) electrons. The molecule has 0 unspecified atom stereocenters. The lowest BCUT2D eigenvalue weighted by molar-refractivity contribution is 0.0957. The minimum absolute atomic E-state index is 0.0328. The third-order valence-electron chi connectivity index (χ3n) is 2.91. The number of nitrogens with zero attached hydrogens (tertiary/aromatic N) is 1. The maximum Gasteiger partial charge on any atom is 0.263 e. The van der Waals surface area contributed by atoms with Crippen LogP contribution in [-0.4, -0.2) is 31.0 Å². The van der Waals surface area contributed by atoms with E-state index in [2.05, 4.69) is 27.8 Å². The van der Waals surface area contributed by atoms with Gasteiger partial charge in [0.25, 0.3) is 5.91 Å². The summed E-state index contributed by atoms with van der Waals surface area (Å²) in [6, 6.07) is 10.2. The van der Waals surface area contributed by atoms with E-state index in [-0.39, 0.29) is 5.91 Å². The van der Waals surface area contributed by atoms with Crippen molar-refractivity contribution in [2.45, 2.75) is 13.3 Å². The molecule has 0 bridgehead atoms. The first-order valence-corrected chi connectivity index (χ1v) is 7.45. The summed E-state index contributed by atoms with van der Waals surface area (Å²) in [5.74, 6) is -0.0328. The van der Waals surface area contributed by atoms with Crippen LogP contribution in [0.5, 0.6) is 0 Å². The van der Waals surface area contributed by atoms with E-state index in [9.17, 15) is 4.79 Å². The third kappa shape index (κ3) is 3.88. The number of thiazole rings is 1. The van der Waals surface area contributed by atoms with Crippen molar-refractivity contribution >= 4 is 17.2 Å². The highest BCUT2D eigenvalue weighted by Crippen LogP contribution is 2.20. The van der Waals surface area contributed by atoms with Crippen LogP contribution in [0.1, 0.15) is 25.9 Å². The van der Waals surface area contributed by atoms with Crippen LogP contribution in [0, 0.1) is 6.92 Å². The van der Waals surface area contributed by atoms with Gasteiger partial charge in [0.2, 0.25) is 0 Å². The van der Waals surface area contributed by atoms with Gasteiger partial charge in [-0.2, -0.15) is 0 Å². The molecular formula is C15H19N3OS. The molecule has 4 nitrogen and oxygen atoms in total. The van der Waals surface area contributed by atoms with E-state index in [0.717, 1.165) is 23.7 Å². The molecule has 20 heavy (non-hydrogen) atoms. The highest BCUT2D eigenvalue weighted by Gasteiger charge is 2.14. The molecule has 0 atom stereocenters. The Kier molecular flexibility index (Phi) is 5.26. The van der Waals surface area contributed by atoms with Gasteiger partial charge < -0.3 is 10.6 Å². The third-order valence-corrected chi connectivity index (χ3v) is 4.06. The number of aromatic nitrogens is 1. The van der Waals surface area contributed by atoms with Crippen molar-refractivity contribution in [1.29, 1.82) is 0 Å². The Hall–Kier alpha value is -1.72. The molecule has 1 aromatic heterocycles. The molecule has 0 aliphatic heterocycles. The van der Waals surface area contributed by atoms with Crippen molar-refractivity contribution < 1.29 is 4.79 Å². The monoisotopic (exact) mass is 289 g/mol. The average Bonchev–Trinajstić information content (AvgIpc) is 2.81. The number of hydrogen-bond donors (Lipinski definition) is 2. The summed E-state index contributed by atoms with van der Waals surface area (Å²) in [5.41, 5.74) is 2.02. The lowest BCUT2D eigenvalue weighted by Gasteiger charge is -2.02. The smallest absolute Gasteiger partial charge is 0.263 e. The summed E-state index contributed by atoms with van der Waals surface area (Å²) in [6.45, 7) is 3.28. The number of aryl methyl sites for hydroxylation is 1. The number of carbonyl (C=O) groups is 1. The Morgan fingerprint density at radius 1 is 1.25 bits per heavy atom. The molecule has 0 saturated heterocycles. The molecule has 1 heterocycles. The Balaban J connectivity index is 2.03. The number of hydrogen-bond acceptors (Lipinski definition) is 4. The highest BCUT2D eigenvalue weighted by molar-refractivity contribution is 7.13. The van der Waals surface area contributed by atoms with Crippen molar-refractivity contribution in [2.75, 3.05) is 20.1 Å². The molecule has 0 spiro atoms. The topological polar surface area (TPSA) is 54.0 Å². The molecule has 0 fully saturated rings. The molecular weight excluding hydrogens is 270 g/mol. The number of nitrogens with one attached hydrogen (secondary N) is 2. The lowest BCUT2D eigenvalue weighted by atomic mass is 10.2.